The Balaban J connectivity index is 1.17. The highest BCUT2D eigenvalue weighted by Crippen LogP contribution is 2.59. The molecule has 3 aliphatic rings. The molecule has 2 aromatic rings. The number of alkyl halides is 4. The lowest BCUT2D eigenvalue weighted by Gasteiger charge is -2.30. The van der Waals surface area contributed by atoms with E-state index in [0.29, 0.717) is 0 Å². The van der Waals surface area contributed by atoms with E-state index in [2.05, 4.69) is 29.2 Å². The number of hydrogen-bond acceptors (Lipinski definition) is 6. The van der Waals surface area contributed by atoms with Gasteiger partial charge < -0.3 is 10.1 Å². The van der Waals surface area contributed by atoms with Crippen LogP contribution in [0.25, 0.3) is 5.82 Å². The van der Waals surface area contributed by atoms with Gasteiger partial charge in [-0.05, 0) is 95.5 Å². The number of nitrogens with one attached hydrogen (secondary N) is 1. The van der Waals surface area contributed by atoms with Gasteiger partial charge in [0.05, 0.1) is 12.0 Å². The molecule has 0 amide bonds. The Morgan fingerprint density at radius 1 is 1.16 bits per heavy atom. The molecule has 0 spiro atoms. The van der Waals surface area contributed by atoms with Crippen molar-refractivity contribution in [2.75, 3.05) is 13.2 Å². The Hall–Kier alpha value is -2.57. The molecule has 2 fully saturated rings. The predicted octanol–water partition coefficient (Wildman–Crippen LogP) is 6.50. The standard InChI is InChI=1S/C30H39ClF3N5O3S/c1-28(2)19-22(20-36-28)7-4-3-5-8-23-11-12-24(21-35-23)43(40,41)39-25(31)9-6-10-27(39)38-17-13-26(37-38)42-18-16-29(14-15-29)30(32,33)34/h6,9-13,17,21-22,25,36H,3-5,7-8,14-16,18-20H2,1-2H3. The summed E-state index contributed by atoms with van der Waals surface area (Å²) < 4.78 is 74.8. The van der Waals surface area contributed by atoms with E-state index in [0.717, 1.165) is 48.1 Å². The molecule has 0 bridgehead atoms. The molecule has 1 N–H and O–H groups in total. The summed E-state index contributed by atoms with van der Waals surface area (Å²) in [6.45, 7) is 5.42. The number of sulfonamides is 1. The number of unbranched alkanes of at least 4 members (excludes halogenated alkanes) is 2. The molecular formula is C30H39ClF3N5O3S. The van der Waals surface area contributed by atoms with Gasteiger partial charge in [0, 0.05) is 29.7 Å². The number of aromatic nitrogens is 3. The molecule has 0 radical (unpaired) electrons. The third-order valence-electron chi connectivity index (χ3n) is 8.62. The van der Waals surface area contributed by atoms with Crippen LogP contribution in [0.2, 0.25) is 0 Å². The second-order valence-electron chi connectivity index (χ2n) is 12.5. The molecule has 2 aliphatic heterocycles. The van der Waals surface area contributed by atoms with Crippen LogP contribution in [0.4, 0.5) is 13.2 Å². The number of nitrogens with zero attached hydrogens (tertiary/aromatic N) is 4. The van der Waals surface area contributed by atoms with Crippen molar-refractivity contribution in [2.24, 2.45) is 11.3 Å². The molecule has 1 saturated carbocycles. The van der Waals surface area contributed by atoms with Gasteiger partial charge in [-0.15, -0.1) is 5.10 Å². The second-order valence-corrected chi connectivity index (χ2v) is 14.7. The summed E-state index contributed by atoms with van der Waals surface area (Å²) in [5.41, 5.74) is -1.64. The molecule has 0 aromatic carbocycles. The van der Waals surface area contributed by atoms with Crippen LogP contribution in [0.15, 0.2) is 53.7 Å². The molecule has 43 heavy (non-hydrogen) atoms. The molecule has 5 rings (SSSR count). The lowest BCUT2D eigenvalue weighted by molar-refractivity contribution is -0.190. The number of halogens is 4. The minimum absolute atomic E-state index is 0.00930. The van der Waals surface area contributed by atoms with Crippen molar-refractivity contribution < 1.29 is 26.3 Å². The van der Waals surface area contributed by atoms with Crippen LogP contribution in [-0.2, 0) is 16.4 Å². The molecular weight excluding hydrogens is 603 g/mol. The van der Waals surface area contributed by atoms with E-state index >= 15 is 0 Å². The summed E-state index contributed by atoms with van der Waals surface area (Å²) in [4.78, 5) is 4.41. The summed E-state index contributed by atoms with van der Waals surface area (Å²) in [5.74, 6) is 0.967. The van der Waals surface area contributed by atoms with Gasteiger partial charge in [-0.25, -0.2) is 17.4 Å². The highest BCUT2D eigenvalue weighted by Gasteiger charge is 2.62. The number of hydrogen-bond donors (Lipinski definition) is 1. The average Bonchev–Trinajstić information content (AvgIpc) is 3.47. The first-order chi connectivity index (χ1) is 20.3. The zero-order valence-electron chi connectivity index (χ0n) is 24.5. The highest BCUT2D eigenvalue weighted by molar-refractivity contribution is 7.89. The Bertz CT molecular complexity index is 1440. The van der Waals surface area contributed by atoms with Crippen molar-refractivity contribution in [1.29, 1.82) is 0 Å². The summed E-state index contributed by atoms with van der Waals surface area (Å²) >= 11 is 6.46. The summed E-state index contributed by atoms with van der Waals surface area (Å²) in [6.07, 6.45) is 9.75. The normalized spacial score (nSPS) is 22.9. The van der Waals surface area contributed by atoms with Crippen molar-refractivity contribution in [3.05, 3.63) is 54.5 Å². The Labute approximate surface area is 256 Å². The van der Waals surface area contributed by atoms with Gasteiger partial charge in [-0.2, -0.15) is 13.2 Å². The molecule has 236 valence electrons. The maximum Gasteiger partial charge on any atom is 0.394 e. The van der Waals surface area contributed by atoms with Crippen molar-refractivity contribution in [2.45, 2.75) is 93.7 Å². The van der Waals surface area contributed by atoms with Crippen molar-refractivity contribution in [3.8, 4) is 5.88 Å². The van der Waals surface area contributed by atoms with Crippen LogP contribution in [0, 0.1) is 11.3 Å². The molecule has 1 aliphatic carbocycles. The average molecular weight is 642 g/mol. The third kappa shape index (κ3) is 7.39. The molecule has 13 heteroatoms. The topological polar surface area (TPSA) is 89.4 Å². The maximum atomic E-state index is 13.7. The van der Waals surface area contributed by atoms with E-state index in [1.54, 1.807) is 18.2 Å². The Morgan fingerprint density at radius 2 is 1.95 bits per heavy atom. The van der Waals surface area contributed by atoms with Gasteiger partial charge in [0.1, 0.15) is 16.2 Å². The number of rotatable bonds is 13. The largest absolute Gasteiger partial charge is 0.477 e. The van der Waals surface area contributed by atoms with Crippen molar-refractivity contribution >= 4 is 27.4 Å². The van der Waals surface area contributed by atoms with E-state index in [4.69, 9.17) is 16.3 Å². The molecule has 2 unspecified atom stereocenters. The first-order valence-electron chi connectivity index (χ1n) is 14.8. The van der Waals surface area contributed by atoms with Gasteiger partial charge in [0.25, 0.3) is 10.0 Å². The van der Waals surface area contributed by atoms with Gasteiger partial charge in [-0.1, -0.05) is 30.5 Å². The van der Waals surface area contributed by atoms with Gasteiger partial charge >= 0.3 is 6.18 Å². The maximum absolute atomic E-state index is 13.7. The quantitative estimate of drug-likeness (QED) is 0.153. The van der Waals surface area contributed by atoms with Crippen LogP contribution in [0.1, 0.15) is 70.9 Å². The van der Waals surface area contributed by atoms with Crippen LogP contribution in [-0.4, -0.2) is 57.9 Å². The van der Waals surface area contributed by atoms with Crippen molar-refractivity contribution in [1.82, 2.24) is 24.4 Å². The number of pyridine rings is 1. The highest BCUT2D eigenvalue weighted by atomic mass is 35.5. The zero-order chi connectivity index (χ0) is 30.9. The third-order valence-corrected chi connectivity index (χ3v) is 10.8. The minimum atomic E-state index is -4.25. The lowest BCUT2D eigenvalue weighted by atomic mass is 9.93. The Kier molecular flexibility index (Phi) is 9.21. The lowest BCUT2D eigenvalue weighted by Crippen LogP contribution is -2.38. The summed E-state index contributed by atoms with van der Waals surface area (Å²) in [6, 6.07) is 4.74. The first kappa shape index (κ1) is 31.8. The number of allylic oxidation sites excluding steroid dienone is 2. The summed E-state index contributed by atoms with van der Waals surface area (Å²) in [7, 11) is -4.12. The Morgan fingerprint density at radius 3 is 2.60 bits per heavy atom. The van der Waals surface area contributed by atoms with Gasteiger partial charge in [-0.3, -0.25) is 4.98 Å². The zero-order valence-corrected chi connectivity index (χ0v) is 26.1. The molecule has 8 nitrogen and oxygen atoms in total. The molecule has 2 aromatic heterocycles. The van der Waals surface area contributed by atoms with Crippen LogP contribution < -0.4 is 10.1 Å². The fourth-order valence-corrected chi connectivity index (χ4v) is 7.74. The van der Waals surface area contributed by atoms with Crippen LogP contribution in [0.5, 0.6) is 5.88 Å². The van der Waals surface area contributed by atoms with Crippen LogP contribution >= 0.6 is 11.6 Å². The van der Waals surface area contributed by atoms with Crippen molar-refractivity contribution in [3.63, 3.8) is 0 Å². The number of ether oxygens (including phenoxy) is 1. The van der Waals surface area contributed by atoms with E-state index < -0.39 is 27.1 Å². The van der Waals surface area contributed by atoms with E-state index in [-0.39, 0.29) is 48.0 Å². The predicted molar refractivity (Wildman–Crippen MR) is 159 cm³/mol. The first-order valence-corrected chi connectivity index (χ1v) is 16.7. The second kappa shape index (κ2) is 12.4. The van der Waals surface area contributed by atoms with Gasteiger partial charge in [0.2, 0.25) is 5.88 Å². The fraction of sp³-hybridized carbons (Fsp3) is 0.600. The molecule has 1 saturated heterocycles. The molecule has 4 heterocycles. The van der Waals surface area contributed by atoms with E-state index in [9.17, 15) is 21.6 Å². The SMILES string of the molecule is CC1(C)CC(CCCCCc2ccc(S(=O)(=O)N3C(n4ccc(OCCC5(C(F)(F)F)CC5)n4)=CC=CC3Cl)cn2)CN1. The smallest absolute Gasteiger partial charge is 0.394 e. The number of aryl methyl sites for hydroxylation is 1. The summed E-state index contributed by atoms with van der Waals surface area (Å²) in [5, 5.41) is 7.82. The van der Waals surface area contributed by atoms with E-state index in [1.165, 1.54) is 48.1 Å². The fourth-order valence-electron chi connectivity index (χ4n) is 5.86. The monoisotopic (exact) mass is 641 g/mol. The van der Waals surface area contributed by atoms with E-state index in [1.807, 2.05) is 0 Å². The minimum Gasteiger partial charge on any atom is -0.477 e. The molecule has 2 atom stereocenters. The van der Waals surface area contributed by atoms with Gasteiger partial charge in [0.15, 0.2) is 0 Å². The van der Waals surface area contributed by atoms with Crippen LogP contribution in [0.3, 0.4) is 0 Å².